The summed E-state index contributed by atoms with van der Waals surface area (Å²) in [6.45, 7) is 6.77. The summed E-state index contributed by atoms with van der Waals surface area (Å²) in [5, 5.41) is 4.31. The summed E-state index contributed by atoms with van der Waals surface area (Å²) in [7, 11) is 0. The molecule has 1 fully saturated rings. The molecular weight excluding hydrogens is 298 g/mol. The lowest BCUT2D eigenvalue weighted by molar-refractivity contribution is -0.137. The highest BCUT2D eigenvalue weighted by atomic mass is 32.2. The van der Waals surface area contributed by atoms with Crippen LogP contribution in [0.15, 0.2) is 5.16 Å². The van der Waals surface area contributed by atoms with E-state index in [-0.39, 0.29) is 23.4 Å². The number of carbonyl (C=O) groups excluding carboxylic acids is 2. The van der Waals surface area contributed by atoms with Crippen LogP contribution in [0.5, 0.6) is 0 Å². The van der Waals surface area contributed by atoms with E-state index in [0.29, 0.717) is 31.1 Å². The van der Waals surface area contributed by atoms with Crippen molar-refractivity contribution in [3.05, 3.63) is 0 Å². The fourth-order valence-corrected chi connectivity index (χ4v) is 3.99. The molecule has 0 saturated heterocycles. The Bertz CT molecular complexity index is 366. The Morgan fingerprint density at radius 1 is 1.32 bits per heavy atom. The topological polar surface area (TPSA) is 55.7 Å². The van der Waals surface area contributed by atoms with Gasteiger partial charge in [0.2, 0.25) is 0 Å². The van der Waals surface area contributed by atoms with Gasteiger partial charge in [0.1, 0.15) is 18.2 Å². The van der Waals surface area contributed by atoms with Crippen LogP contribution < -0.4 is 0 Å². The molecule has 0 N–H and O–H groups in total. The monoisotopic (exact) mass is 327 g/mol. The van der Waals surface area contributed by atoms with Gasteiger partial charge in [-0.1, -0.05) is 19.0 Å². The van der Waals surface area contributed by atoms with E-state index in [1.165, 1.54) is 0 Å². The van der Waals surface area contributed by atoms with Crippen molar-refractivity contribution < 1.29 is 14.4 Å². The van der Waals surface area contributed by atoms with Gasteiger partial charge in [0, 0.05) is 24.3 Å². The molecule has 1 aliphatic rings. The first kappa shape index (κ1) is 19.2. The van der Waals surface area contributed by atoms with Gasteiger partial charge in [-0.25, -0.2) is 0 Å². The summed E-state index contributed by atoms with van der Waals surface area (Å²) < 4.78 is 0. The maximum atomic E-state index is 12.2. The smallest absolute Gasteiger partial charge is 0.143 e. The van der Waals surface area contributed by atoms with Crippen molar-refractivity contribution in [2.24, 2.45) is 17.0 Å². The molecule has 0 heterocycles. The summed E-state index contributed by atoms with van der Waals surface area (Å²) in [6, 6.07) is 0. The number of hydrogen-bond donors (Lipinski definition) is 0. The van der Waals surface area contributed by atoms with Crippen molar-refractivity contribution >= 4 is 29.5 Å². The highest BCUT2D eigenvalue weighted by Crippen LogP contribution is 2.31. The Morgan fingerprint density at radius 2 is 2.00 bits per heavy atom. The van der Waals surface area contributed by atoms with Crippen LogP contribution in [0.4, 0.5) is 0 Å². The van der Waals surface area contributed by atoms with Crippen LogP contribution in [-0.2, 0) is 14.4 Å². The van der Waals surface area contributed by atoms with Gasteiger partial charge in [-0.05, 0) is 44.3 Å². The zero-order valence-corrected chi connectivity index (χ0v) is 14.9. The summed E-state index contributed by atoms with van der Waals surface area (Å²) >= 11 is 1.90. The number of oxime groups is 1. The molecule has 0 spiro atoms. The van der Waals surface area contributed by atoms with Gasteiger partial charge in [0.05, 0.1) is 5.92 Å². The van der Waals surface area contributed by atoms with E-state index in [9.17, 15) is 9.59 Å². The van der Waals surface area contributed by atoms with Gasteiger partial charge in [-0.15, -0.1) is 0 Å². The number of Topliss-reactive ketones (excluding diaryl/α,β-unsaturated/α-hetero) is 2. The summed E-state index contributed by atoms with van der Waals surface area (Å²) in [4.78, 5) is 29.3. The fraction of sp³-hybridized carbons (Fsp3) is 0.824. The van der Waals surface area contributed by atoms with Crippen molar-refractivity contribution in [2.45, 2.75) is 64.5 Å². The molecule has 0 radical (unpaired) electrons. The quantitative estimate of drug-likeness (QED) is 0.264. The molecule has 1 saturated carbocycles. The predicted molar refractivity (Wildman–Crippen MR) is 92.4 cm³/mol. The van der Waals surface area contributed by atoms with Gasteiger partial charge in [0.25, 0.3) is 0 Å². The van der Waals surface area contributed by atoms with Crippen LogP contribution >= 0.6 is 11.8 Å². The number of nitrogens with zero attached hydrogens (tertiary/aromatic N) is 1. The van der Waals surface area contributed by atoms with E-state index < -0.39 is 0 Å². The molecule has 4 nitrogen and oxygen atoms in total. The molecule has 0 aliphatic heterocycles. The average molecular weight is 327 g/mol. The predicted octanol–water partition coefficient (Wildman–Crippen LogP) is 3.88. The maximum Gasteiger partial charge on any atom is 0.143 e. The van der Waals surface area contributed by atoms with Crippen molar-refractivity contribution in [3.8, 4) is 0 Å². The van der Waals surface area contributed by atoms with Crippen LogP contribution in [0, 0.1) is 11.8 Å². The highest BCUT2D eigenvalue weighted by Gasteiger charge is 2.35. The number of carbonyl (C=O) groups is 2. The molecule has 22 heavy (non-hydrogen) atoms. The molecule has 0 bridgehead atoms. The molecule has 1 rings (SSSR count). The molecule has 1 aliphatic carbocycles. The second-order valence-corrected chi connectivity index (χ2v) is 7.61. The SMILES string of the molecule is CCON=CCCCC1C(=O)CC(CC(C)SCC)CC1=O. The van der Waals surface area contributed by atoms with E-state index in [0.717, 1.165) is 25.0 Å². The van der Waals surface area contributed by atoms with Gasteiger partial charge >= 0.3 is 0 Å². The van der Waals surface area contributed by atoms with Crippen LogP contribution in [0.2, 0.25) is 0 Å². The first-order valence-corrected chi connectivity index (χ1v) is 9.44. The molecule has 5 heteroatoms. The highest BCUT2D eigenvalue weighted by molar-refractivity contribution is 7.99. The van der Waals surface area contributed by atoms with Crippen molar-refractivity contribution in [1.82, 2.24) is 0 Å². The fourth-order valence-electron chi connectivity index (χ4n) is 3.01. The second-order valence-electron chi connectivity index (χ2n) is 5.90. The Kier molecular flexibility index (Phi) is 9.44. The van der Waals surface area contributed by atoms with Crippen LogP contribution in [0.25, 0.3) is 0 Å². The Hall–Kier alpha value is -0.840. The minimum Gasteiger partial charge on any atom is -0.396 e. The van der Waals surface area contributed by atoms with Crippen molar-refractivity contribution in [3.63, 3.8) is 0 Å². The molecule has 0 aromatic heterocycles. The third kappa shape index (κ3) is 6.95. The lowest BCUT2D eigenvalue weighted by atomic mass is 9.76. The Labute approximate surface area is 138 Å². The summed E-state index contributed by atoms with van der Waals surface area (Å²) in [5.41, 5.74) is 0. The summed E-state index contributed by atoms with van der Waals surface area (Å²) in [6.07, 6.45) is 6.07. The lowest BCUT2D eigenvalue weighted by Crippen LogP contribution is -2.34. The van der Waals surface area contributed by atoms with E-state index in [2.05, 4.69) is 19.0 Å². The molecule has 126 valence electrons. The van der Waals surface area contributed by atoms with Crippen LogP contribution in [-0.4, -0.2) is 35.4 Å². The number of rotatable bonds is 10. The van der Waals surface area contributed by atoms with Gasteiger partial charge in [-0.2, -0.15) is 11.8 Å². The molecule has 0 aromatic rings. The van der Waals surface area contributed by atoms with E-state index in [1.54, 1.807) is 6.21 Å². The van der Waals surface area contributed by atoms with E-state index in [1.807, 2.05) is 18.7 Å². The largest absolute Gasteiger partial charge is 0.396 e. The molecule has 0 amide bonds. The first-order valence-electron chi connectivity index (χ1n) is 8.39. The van der Waals surface area contributed by atoms with Gasteiger partial charge in [0.15, 0.2) is 0 Å². The number of hydrogen-bond acceptors (Lipinski definition) is 5. The zero-order chi connectivity index (χ0) is 16.4. The zero-order valence-electron chi connectivity index (χ0n) is 14.0. The first-order chi connectivity index (χ1) is 10.6. The van der Waals surface area contributed by atoms with E-state index >= 15 is 0 Å². The summed E-state index contributed by atoms with van der Waals surface area (Å²) in [5.74, 6) is 1.27. The maximum absolute atomic E-state index is 12.2. The number of ketones is 2. The van der Waals surface area contributed by atoms with Crippen molar-refractivity contribution in [2.75, 3.05) is 12.4 Å². The van der Waals surface area contributed by atoms with Crippen molar-refractivity contribution in [1.29, 1.82) is 0 Å². The minimum atomic E-state index is -0.370. The van der Waals surface area contributed by atoms with Gasteiger partial charge in [-0.3, -0.25) is 9.59 Å². The van der Waals surface area contributed by atoms with Crippen LogP contribution in [0.3, 0.4) is 0 Å². The third-order valence-electron chi connectivity index (χ3n) is 3.98. The molecule has 1 atom stereocenters. The standard InChI is InChI=1S/C17H29NO3S/c1-4-21-18-9-7-6-8-15-16(19)11-14(12-17(15)20)10-13(3)22-5-2/h9,13-15H,4-8,10-12H2,1-3H3. The Morgan fingerprint density at radius 3 is 2.59 bits per heavy atom. The molecular formula is C17H29NO3S. The van der Waals surface area contributed by atoms with Crippen LogP contribution in [0.1, 0.15) is 59.3 Å². The second kappa shape index (κ2) is 10.8. The van der Waals surface area contributed by atoms with E-state index in [4.69, 9.17) is 4.84 Å². The third-order valence-corrected chi connectivity index (χ3v) is 5.07. The molecule has 0 aromatic carbocycles. The lowest BCUT2D eigenvalue weighted by Gasteiger charge is -2.27. The van der Waals surface area contributed by atoms with Gasteiger partial charge < -0.3 is 4.84 Å². The molecule has 1 unspecified atom stereocenters. The minimum absolute atomic E-state index is 0.150. The number of unbranched alkanes of at least 4 members (excludes halogenated alkanes) is 1. The average Bonchev–Trinajstić information content (AvgIpc) is 2.45. The Balaban J connectivity index is 2.34. The number of thioether (sulfide) groups is 1. The normalized spacial score (nSPS) is 24.0.